The highest BCUT2D eigenvalue weighted by molar-refractivity contribution is 5.96. The minimum Gasteiger partial charge on any atom is -0.444 e. The smallest absolute Gasteiger partial charge is 0.410 e. The average molecular weight is 334 g/mol. The fourth-order valence-electron chi connectivity index (χ4n) is 3.66. The molecule has 0 aliphatic carbocycles. The van der Waals surface area contributed by atoms with Crippen molar-refractivity contribution in [2.75, 3.05) is 18.2 Å². The molecule has 2 aliphatic rings. The van der Waals surface area contributed by atoms with E-state index >= 15 is 0 Å². The van der Waals surface area contributed by atoms with Gasteiger partial charge in [0.05, 0.1) is 5.69 Å². The van der Waals surface area contributed by atoms with Gasteiger partial charge in [-0.3, -0.25) is 4.79 Å². The number of ether oxygens (including phenoxy) is 1. The highest BCUT2D eigenvalue weighted by Crippen LogP contribution is 2.46. The molecule has 0 aromatic heterocycles. The maximum absolute atomic E-state index is 14.2. The number of fused-ring (bicyclic) bond motifs is 2. The van der Waals surface area contributed by atoms with Crippen molar-refractivity contribution in [2.24, 2.45) is 0 Å². The van der Waals surface area contributed by atoms with Crippen molar-refractivity contribution in [3.63, 3.8) is 0 Å². The maximum Gasteiger partial charge on any atom is 0.410 e. The first-order valence-corrected chi connectivity index (χ1v) is 8.28. The molecule has 24 heavy (non-hydrogen) atoms. The Hall–Kier alpha value is -2.11. The highest BCUT2D eigenvalue weighted by Gasteiger charge is 2.47. The summed E-state index contributed by atoms with van der Waals surface area (Å²) < 4.78 is 19.6. The Labute approximate surface area is 141 Å². The first kappa shape index (κ1) is 16.7. The van der Waals surface area contributed by atoms with Gasteiger partial charge in [0.2, 0.25) is 0 Å². The number of para-hydroxylation sites is 1. The Balaban J connectivity index is 1.92. The van der Waals surface area contributed by atoms with Crippen LogP contribution in [0.1, 0.15) is 45.6 Å². The van der Waals surface area contributed by atoms with Gasteiger partial charge in [-0.25, -0.2) is 4.79 Å². The second-order valence-electron chi connectivity index (χ2n) is 7.65. The third-order valence-corrected chi connectivity index (χ3v) is 4.62. The standard InChI is InChI=1S/C18H23FN2O3/c1-17(2,3)24-16(23)20-10-6-9-18(12-20)11-15(22)21(19)14-8-5-4-7-13(14)18/h4-5,7-8H,6,9-12H2,1-3H3. The first-order valence-electron chi connectivity index (χ1n) is 8.28. The lowest BCUT2D eigenvalue weighted by Gasteiger charge is -2.46. The van der Waals surface area contributed by atoms with Gasteiger partial charge in [0.25, 0.3) is 5.91 Å². The van der Waals surface area contributed by atoms with E-state index in [2.05, 4.69) is 0 Å². The Morgan fingerprint density at radius 1 is 1.29 bits per heavy atom. The summed E-state index contributed by atoms with van der Waals surface area (Å²) in [6.45, 7) is 6.44. The molecule has 2 heterocycles. The lowest BCUT2D eigenvalue weighted by Crippen LogP contribution is -2.53. The third kappa shape index (κ3) is 2.97. The number of rotatable bonds is 0. The Morgan fingerprint density at radius 3 is 2.71 bits per heavy atom. The van der Waals surface area contributed by atoms with Crippen molar-refractivity contribution in [3.05, 3.63) is 29.8 Å². The van der Waals surface area contributed by atoms with E-state index in [0.29, 0.717) is 18.8 Å². The van der Waals surface area contributed by atoms with Crippen LogP contribution in [0.15, 0.2) is 24.3 Å². The van der Waals surface area contributed by atoms with E-state index in [9.17, 15) is 14.1 Å². The zero-order valence-corrected chi connectivity index (χ0v) is 14.3. The number of nitrogens with zero attached hydrogens (tertiary/aromatic N) is 2. The molecule has 0 N–H and O–H groups in total. The number of likely N-dealkylation sites (tertiary alicyclic amines) is 1. The monoisotopic (exact) mass is 334 g/mol. The van der Waals surface area contributed by atoms with Crippen LogP contribution in [0, 0.1) is 0 Å². The van der Waals surface area contributed by atoms with Crippen molar-refractivity contribution in [2.45, 2.75) is 51.0 Å². The van der Waals surface area contributed by atoms with Gasteiger partial charge in [-0.05, 0) is 45.2 Å². The number of carbonyl (C=O) groups is 2. The van der Waals surface area contributed by atoms with Crippen LogP contribution in [0.25, 0.3) is 0 Å². The number of hydrogen-bond acceptors (Lipinski definition) is 3. The fraction of sp³-hybridized carbons (Fsp3) is 0.556. The number of halogens is 1. The van der Waals surface area contributed by atoms with E-state index < -0.39 is 16.9 Å². The number of hydrogen-bond donors (Lipinski definition) is 0. The molecule has 3 rings (SSSR count). The quantitative estimate of drug-likeness (QED) is 0.682. The van der Waals surface area contributed by atoms with Crippen LogP contribution < -0.4 is 5.12 Å². The van der Waals surface area contributed by atoms with Crippen LogP contribution in [0.2, 0.25) is 0 Å². The molecule has 0 radical (unpaired) electrons. The molecule has 1 spiro atoms. The van der Waals surface area contributed by atoms with Crippen LogP contribution in [0.4, 0.5) is 15.0 Å². The maximum atomic E-state index is 14.2. The van der Waals surface area contributed by atoms with Crippen LogP contribution in [0.3, 0.4) is 0 Å². The Bertz CT molecular complexity index is 670. The Kier molecular flexibility index (Phi) is 4.01. The Morgan fingerprint density at radius 2 is 2.00 bits per heavy atom. The minimum absolute atomic E-state index is 0.0693. The number of piperidine rings is 1. The molecule has 130 valence electrons. The fourth-order valence-corrected chi connectivity index (χ4v) is 3.66. The summed E-state index contributed by atoms with van der Waals surface area (Å²) in [5.74, 6) is -0.556. The molecule has 1 saturated heterocycles. The van der Waals surface area contributed by atoms with Crippen molar-refractivity contribution < 1.29 is 18.8 Å². The predicted octanol–water partition coefficient (Wildman–Crippen LogP) is 3.58. The van der Waals surface area contributed by atoms with Crippen LogP contribution in [-0.2, 0) is 14.9 Å². The molecule has 1 aromatic carbocycles. The lowest BCUT2D eigenvalue weighted by atomic mass is 9.69. The summed E-state index contributed by atoms with van der Waals surface area (Å²) in [4.78, 5) is 26.2. The molecule has 2 aliphatic heterocycles. The van der Waals surface area contributed by atoms with Gasteiger partial charge in [-0.2, -0.15) is 0 Å². The summed E-state index contributed by atoms with van der Waals surface area (Å²) in [6.07, 6.45) is 1.20. The minimum atomic E-state index is -0.572. The van der Waals surface area contributed by atoms with Gasteiger partial charge >= 0.3 is 6.09 Å². The molecule has 0 bridgehead atoms. The van der Waals surface area contributed by atoms with Crippen molar-refractivity contribution in [1.82, 2.24) is 4.90 Å². The van der Waals surface area contributed by atoms with E-state index in [4.69, 9.17) is 4.74 Å². The van der Waals surface area contributed by atoms with Gasteiger partial charge in [0.1, 0.15) is 5.60 Å². The second-order valence-corrected chi connectivity index (χ2v) is 7.65. The van der Waals surface area contributed by atoms with E-state index in [1.165, 1.54) is 0 Å². The average Bonchev–Trinajstić information content (AvgIpc) is 2.51. The summed E-state index contributed by atoms with van der Waals surface area (Å²) in [5.41, 5.74) is -0.0245. The third-order valence-electron chi connectivity index (χ3n) is 4.62. The summed E-state index contributed by atoms with van der Waals surface area (Å²) in [6, 6.07) is 7.02. The summed E-state index contributed by atoms with van der Waals surface area (Å²) in [5, 5.41) is 0.229. The molecule has 5 nitrogen and oxygen atoms in total. The molecular formula is C18H23FN2O3. The second kappa shape index (κ2) is 5.76. The number of anilines is 1. The van der Waals surface area contributed by atoms with Gasteiger partial charge in [-0.1, -0.05) is 22.7 Å². The highest BCUT2D eigenvalue weighted by atomic mass is 19.2. The number of carbonyl (C=O) groups excluding carboxylic acids is 2. The number of amides is 2. The van der Waals surface area contributed by atoms with E-state index in [-0.39, 0.29) is 17.6 Å². The zero-order chi connectivity index (χ0) is 17.5. The normalized spacial score (nSPS) is 24.1. The van der Waals surface area contributed by atoms with E-state index in [1.807, 2.05) is 32.9 Å². The lowest BCUT2D eigenvalue weighted by molar-refractivity contribution is -0.124. The van der Waals surface area contributed by atoms with E-state index in [1.54, 1.807) is 17.0 Å². The molecule has 1 fully saturated rings. The van der Waals surface area contributed by atoms with Crippen molar-refractivity contribution in [1.29, 1.82) is 0 Å². The first-order chi connectivity index (χ1) is 11.2. The molecule has 0 saturated carbocycles. The molecular weight excluding hydrogens is 311 g/mol. The van der Waals surface area contributed by atoms with Crippen LogP contribution in [-0.4, -0.2) is 35.6 Å². The summed E-state index contributed by atoms with van der Waals surface area (Å²) in [7, 11) is 0. The van der Waals surface area contributed by atoms with Gasteiger partial charge in [0, 0.05) is 24.9 Å². The van der Waals surface area contributed by atoms with Crippen molar-refractivity contribution >= 4 is 17.7 Å². The predicted molar refractivity (Wildman–Crippen MR) is 88.4 cm³/mol. The largest absolute Gasteiger partial charge is 0.444 e. The molecule has 1 atom stereocenters. The van der Waals surface area contributed by atoms with Crippen LogP contribution >= 0.6 is 0 Å². The molecule has 6 heteroatoms. The van der Waals surface area contributed by atoms with E-state index in [0.717, 1.165) is 18.4 Å². The van der Waals surface area contributed by atoms with Gasteiger partial charge in [0.15, 0.2) is 0 Å². The van der Waals surface area contributed by atoms with Crippen LogP contribution in [0.5, 0.6) is 0 Å². The van der Waals surface area contributed by atoms with Crippen molar-refractivity contribution in [3.8, 4) is 0 Å². The van der Waals surface area contributed by atoms with Gasteiger partial charge in [-0.15, -0.1) is 5.12 Å². The topological polar surface area (TPSA) is 49.9 Å². The molecule has 1 unspecified atom stereocenters. The zero-order valence-electron chi connectivity index (χ0n) is 14.3. The SMILES string of the molecule is CC(C)(C)OC(=O)N1CCCC2(CC(=O)N(F)c3ccccc32)C1. The number of benzene rings is 1. The molecule has 1 aromatic rings. The van der Waals surface area contributed by atoms with Gasteiger partial charge < -0.3 is 9.64 Å². The molecule has 2 amide bonds. The summed E-state index contributed by atoms with van der Waals surface area (Å²) >= 11 is 0.